The van der Waals surface area contributed by atoms with E-state index in [1.165, 1.54) is 7.11 Å². The normalized spacial score (nSPS) is 24.4. The van der Waals surface area contributed by atoms with Gasteiger partial charge in [0.15, 0.2) is 0 Å². The maximum Gasteiger partial charge on any atom is 0.407 e. The second-order valence-electron chi connectivity index (χ2n) is 6.55. The Morgan fingerprint density at radius 2 is 1.91 bits per heavy atom. The lowest BCUT2D eigenvalue weighted by Crippen LogP contribution is -2.55. The van der Waals surface area contributed by atoms with E-state index in [1.54, 1.807) is 0 Å². The highest BCUT2D eigenvalue weighted by Crippen LogP contribution is 2.27. The fourth-order valence-corrected chi connectivity index (χ4v) is 3.55. The lowest BCUT2D eigenvalue weighted by atomic mass is 9.90. The summed E-state index contributed by atoms with van der Waals surface area (Å²) in [4.78, 5) is 26.6. The van der Waals surface area contributed by atoms with E-state index in [-0.39, 0.29) is 17.9 Å². The fourth-order valence-electron chi connectivity index (χ4n) is 3.55. The van der Waals surface area contributed by atoms with Crippen LogP contribution in [0.2, 0.25) is 0 Å². The van der Waals surface area contributed by atoms with Gasteiger partial charge in [-0.25, -0.2) is 4.79 Å². The summed E-state index contributed by atoms with van der Waals surface area (Å²) in [5.74, 6) is 0.585. The number of rotatable bonds is 4. The molecule has 2 fully saturated rings. The third-order valence-corrected chi connectivity index (χ3v) is 4.81. The lowest BCUT2D eigenvalue weighted by Gasteiger charge is -2.35. The van der Waals surface area contributed by atoms with Crippen LogP contribution in [0.4, 0.5) is 4.79 Å². The van der Waals surface area contributed by atoms with Gasteiger partial charge >= 0.3 is 6.09 Å². The van der Waals surface area contributed by atoms with Crippen molar-refractivity contribution in [3.8, 4) is 0 Å². The van der Waals surface area contributed by atoms with Crippen molar-refractivity contribution in [2.45, 2.75) is 51.6 Å². The van der Waals surface area contributed by atoms with Crippen LogP contribution >= 0.6 is 0 Å². The molecule has 22 heavy (non-hydrogen) atoms. The molecular formula is C16H28N2O4. The maximum absolute atomic E-state index is 13.0. The van der Waals surface area contributed by atoms with Crippen LogP contribution in [0.1, 0.15) is 39.5 Å². The Labute approximate surface area is 132 Å². The second kappa shape index (κ2) is 7.81. The minimum Gasteiger partial charge on any atom is -0.453 e. The Morgan fingerprint density at radius 3 is 2.50 bits per heavy atom. The molecule has 6 nitrogen and oxygen atoms in total. The average molecular weight is 312 g/mol. The van der Waals surface area contributed by atoms with E-state index in [4.69, 9.17) is 9.47 Å². The summed E-state index contributed by atoms with van der Waals surface area (Å²) in [6.45, 7) is 6.36. The molecule has 2 aliphatic heterocycles. The van der Waals surface area contributed by atoms with Gasteiger partial charge in [-0.05, 0) is 37.5 Å². The van der Waals surface area contributed by atoms with Crippen molar-refractivity contribution in [2.75, 3.05) is 26.9 Å². The summed E-state index contributed by atoms with van der Waals surface area (Å²) in [6.07, 6.45) is 3.13. The molecule has 0 saturated carbocycles. The van der Waals surface area contributed by atoms with Gasteiger partial charge in [-0.3, -0.25) is 4.79 Å². The Bertz CT molecular complexity index is 394. The van der Waals surface area contributed by atoms with E-state index >= 15 is 0 Å². The number of nitrogens with zero attached hydrogens (tertiary/aromatic N) is 1. The van der Waals surface area contributed by atoms with Gasteiger partial charge in [0.2, 0.25) is 5.91 Å². The smallest absolute Gasteiger partial charge is 0.407 e. The van der Waals surface area contributed by atoms with E-state index in [9.17, 15) is 9.59 Å². The molecule has 2 unspecified atom stereocenters. The number of alkyl carbamates (subject to hydrolysis) is 1. The van der Waals surface area contributed by atoms with E-state index in [0.717, 1.165) is 32.2 Å². The van der Waals surface area contributed by atoms with Crippen LogP contribution in [-0.2, 0) is 14.3 Å². The van der Waals surface area contributed by atoms with Crippen molar-refractivity contribution >= 4 is 12.0 Å². The van der Waals surface area contributed by atoms with Gasteiger partial charge in [-0.2, -0.15) is 0 Å². The summed E-state index contributed by atoms with van der Waals surface area (Å²) in [5.41, 5.74) is 0. The monoisotopic (exact) mass is 312 g/mol. The molecule has 126 valence electrons. The molecule has 1 N–H and O–H groups in total. The molecule has 0 radical (unpaired) electrons. The Hall–Kier alpha value is -1.30. The maximum atomic E-state index is 13.0. The molecule has 6 heteroatoms. The zero-order valence-electron chi connectivity index (χ0n) is 13.8. The van der Waals surface area contributed by atoms with Gasteiger partial charge in [0.1, 0.15) is 6.04 Å². The highest BCUT2D eigenvalue weighted by molar-refractivity contribution is 5.86. The van der Waals surface area contributed by atoms with Crippen molar-refractivity contribution in [1.82, 2.24) is 10.2 Å². The molecule has 2 amide bonds. The molecule has 0 bridgehead atoms. The van der Waals surface area contributed by atoms with Crippen molar-refractivity contribution < 1.29 is 19.1 Å². The molecule has 2 atom stereocenters. The van der Waals surface area contributed by atoms with E-state index < -0.39 is 12.1 Å². The van der Waals surface area contributed by atoms with Gasteiger partial charge < -0.3 is 19.7 Å². The van der Waals surface area contributed by atoms with Gasteiger partial charge in [-0.15, -0.1) is 0 Å². The first-order chi connectivity index (χ1) is 10.5. The number of ether oxygens (including phenoxy) is 2. The van der Waals surface area contributed by atoms with Crippen LogP contribution in [0.3, 0.4) is 0 Å². The van der Waals surface area contributed by atoms with E-state index in [1.807, 2.05) is 4.90 Å². The number of methoxy groups -OCH3 is 1. The first kappa shape index (κ1) is 17.1. The van der Waals surface area contributed by atoms with Crippen LogP contribution in [0.15, 0.2) is 0 Å². The number of amides is 2. The summed E-state index contributed by atoms with van der Waals surface area (Å²) < 4.78 is 10.1. The summed E-state index contributed by atoms with van der Waals surface area (Å²) >= 11 is 0. The predicted molar refractivity (Wildman–Crippen MR) is 82.4 cm³/mol. The van der Waals surface area contributed by atoms with Crippen molar-refractivity contribution in [3.05, 3.63) is 0 Å². The molecule has 0 aliphatic carbocycles. The average Bonchev–Trinajstić information content (AvgIpc) is 3.02. The Morgan fingerprint density at radius 1 is 1.23 bits per heavy atom. The fraction of sp³-hybridized carbons (Fsp3) is 0.875. The third kappa shape index (κ3) is 3.91. The molecular weight excluding hydrogens is 284 g/mol. The predicted octanol–water partition coefficient (Wildman–Crippen LogP) is 1.78. The second-order valence-corrected chi connectivity index (χ2v) is 6.55. The number of hydrogen-bond acceptors (Lipinski definition) is 4. The topological polar surface area (TPSA) is 67.9 Å². The van der Waals surface area contributed by atoms with Crippen LogP contribution in [0, 0.1) is 11.8 Å². The molecule has 0 aromatic carbocycles. The first-order valence-electron chi connectivity index (χ1n) is 8.27. The largest absolute Gasteiger partial charge is 0.453 e. The van der Waals surface area contributed by atoms with Gasteiger partial charge in [0.05, 0.1) is 7.11 Å². The SMILES string of the molecule is COC(=O)NC(C(=O)N1CCCC1C(C)C)C1CCOCC1. The summed E-state index contributed by atoms with van der Waals surface area (Å²) in [5, 5.41) is 2.76. The molecule has 2 saturated heterocycles. The zero-order chi connectivity index (χ0) is 16.1. The highest BCUT2D eigenvalue weighted by Gasteiger charge is 2.39. The first-order valence-corrected chi connectivity index (χ1v) is 8.27. The summed E-state index contributed by atoms with van der Waals surface area (Å²) in [7, 11) is 1.33. The number of carbonyl (C=O) groups is 2. The Balaban J connectivity index is 2.12. The van der Waals surface area contributed by atoms with Crippen LogP contribution < -0.4 is 5.32 Å². The number of hydrogen-bond donors (Lipinski definition) is 1. The van der Waals surface area contributed by atoms with Crippen molar-refractivity contribution in [3.63, 3.8) is 0 Å². The molecule has 0 aromatic heterocycles. The molecule has 2 rings (SSSR count). The summed E-state index contributed by atoms with van der Waals surface area (Å²) in [6, 6.07) is -0.231. The highest BCUT2D eigenvalue weighted by atomic mass is 16.5. The minimum atomic E-state index is -0.537. The Kier molecular flexibility index (Phi) is 6.06. The zero-order valence-corrected chi connectivity index (χ0v) is 13.8. The van der Waals surface area contributed by atoms with Gasteiger partial charge in [0.25, 0.3) is 0 Å². The van der Waals surface area contributed by atoms with Gasteiger partial charge in [0, 0.05) is 25.8 Å². The van der Waals surface area contributed by atoms with E-state index in [2.05, 4.69) is 19.2 Å². The lowest BCUT2D eigenvalue weighted by molar-refractivity contribution is -0.137. The molecule has 2 aliphatic rings. The van der Waals surface area contributed by atoms with Crippen molar-refractivity contribution in [2.24, 2.45) is 11.8 Å². The van der Waals surface area contributed by atoms with Crippen LogP contribution in [-0.4, -0.2) is 55.9 Å². The molecule has 2 heterocycles. The molecule has 0 spiro atoms. The number of nitrogens with one attached hydrogen (secondary N) is 1. The van der Waals surface area contributed by atoms with E-state index in [0.29, 0.717) is 19.1 Å². The number of carbonyl (C=O) groups excluding carboxylic acids is 2. The molecule has 0 aromatic rings. The minimum absolute atomic E-state index is 0.0356. The van der Waals surface area contributed by atoms with Crippen molar-refractivity contribution in [1.29, 1.82) is 0 Å². The quantitative estimate of drug-likeness (QED) is 0.859. The van der Waals surface area contributed by atoms with Crippen LogP contribution in [0.5, 0.6) is 0 Å². The third-order valence-electron chi connectivity index (χ3n) is 4.81. The van der Waals surface area contributed by atoms with Gasteiger partial charge in [-0.1, -0.05) is 13.8 Å². The number of likely N-dealkylation sites (tertiary alicyclic amines) is 1. The standard InChI is InChI=1S/C16H28N2O4/c1-11(2)13-5-4-8-18(13)15(19)14(17-16(20)21-3)12-6-9-22-10-7-12/h11-14H,4-10H2,1-3H3,(H,17,20). The van der Waals surface area contributed by atoms with Crippen LogP contribution in [0.25, 0.3) is 0 Å².